The Morgan fingerprint density at radius 2 is 2.16 bits per heavy atom. The summed E-state index contributed by atoms with van der Waals surface area (Å²) in [6, 6.07) is 4.85. The first-order valence-electron chi connectivity index (χ1n) is 6.14. The van der Waals surface area contributed by atoms with Crippen molar-refractivity contribution >= 4 is 0 Å². The molecule has 0 saturated heterocycles. The minimum Gasteiger partial charge on any atom is -0.494 e. The maximum absolute atomic E-state index is 13.7. The van der Waals surface area contributed by atoms with Crippen LogP contribution < -0.4 is 10.5 Å². The molecule has 2 rings (SSSR count). The van der Waals surface area contributed by atoms with Gasteiger partial charge in [-0.25, -0.2) is 9.37 Å². The summed E-state index contributed by atoms with van der Waals surface area (Å²) in [6.07, 6.45) is 0.721. The van der Waals surface area contributed by atoms with Crippen LogP contribution in [0.5, 0.6) is 5.75 Å². The molecule has 2 aromatic rings. The zero-order chi connectivity index (χ0) is 14.0. The summed E-state index contributed by atoms with van der Waals surface area (Å²) in [5.74, 6) is 0.584. The second-order valence-electron chi connectivity index (χ2n) is 4.41. The smallest absolute Gasteiger partial charge is 0.165 e. The monoisotopic (exact) mass is 263 g/mol. The van der Waals surface area contributed by atoms with Gasteiger partial charge in [-0.3, -0.25) is 0 Å². The van der Waals surface area contributed by atoms with Crippen molar-refractivity contribution < 1.29 is 9.13 Å². The van der Waals surface area contributed by atoms with Gasteiger partial charge in [0.05, 0.1) is 12.8 Å². The van der Waals surface area contributed by atoms with Gasteiger partial charge in [0.25, 0.3) is 0 Å². The molecule has 4 nitrogen and oxygen atoms in total. The van der Waals surface area contributed by atoms with E-state index in [2.05, 4.69) is 4.98 Å². The Kier molecular flexibility index (Phi) is 3.85. The molecule has 0 amide bonds. The van der Waals surface area contributed by atoms with Gasteiger partial charge in [0.2, 0.25) is 0 Å². The number of benzene rings is 1. The Morgan fingerprint density at radius 1 is 1.42 bits per heavy atom. The highest BCUT2D eigenvalue weighted by Gasteiger charge is 2.14. The highest BCUT2D eigenvalue weighted by atomic mass is 19.1. The molecule has 1 aromatic heterocycles. The van der Waals surface area contributed by atoms with Gasteiger partial charge in [-0.1, -0.05) is 0 Å². The third-order valence-electron chi connectivity index (χ3n) is 3.27. The van der Waals surface area contributed by atoms with Gasteiger partial charge in [0, 0.05) is 24.7 Å². The van der Waals surface area contributed by atoms with Crippen molar-refractivity contribution in [2.45, 2.75) is 13.3 Å². The number of imidazole rings is 1. The van der Waals surface area contributed by atoms with Gasteiger partial charge in [-0.05, 0) is 31.7 Å². The van der Waals surface area contributed by atoms with Crippen LogP contribution >= 0.6 is 0 Å². The number of methoxy groups -OCH3 is 1. The van der Waals surface area contributed by atoms with Crippen molar-refractivity contribution in [3.63, 3.8) is 0 Å². The summed E-state index contributed by atoms with van der Waals surface area (Å²) in [5, 5.41) is 0. The summed E-state index contributed by atoms with van der Waals surface area (Å²) in [7, 11) is 3.36. The summed E-state index contributed by atoms with van der Waals surface area (Å²) in [5.41, 5.74) is 8.30. The fraction of sp³-hybridized carbons (Fsp3) is 0.357. The largest absolute Gasteiger partial charge is 0.494 e. The lowest BCUT2D eigenvalue weighted by Crippen LogP contribution is -2.04. The predicted octanol–water partition coefficient (Wildman–Crippen LogP) is 2.04. The van der Waals surface area contributed by atoms with E-state index in [1.165, 1.54) is 13.2 Å². The van der Waals surface area contributed by atoms with Gasteiger partial charge >= 0.3 is 0 Å². The van der Waals surface area contributed by atoms with E-state index in [0.717, 1.165) is 29.2 Å². The Hall–Kier alpha value is -1.88. The van der Waals surface area contributed by atoms with Crippen LogP contribution in [0.1, 0.15) is 11.4 Å². The van der Waals surface area contributed by atoms with Crippen molar-refractivity contribution in [2.24, 2.45) is 12.8 Å². The van der Waals surface area contributed by atoms with Crippen LogP contribution in [0.3, 0.4) is 0 Å². The minimum absolute atomic E-state index is 0.233. The fourth-order valence-corrected chi connectivity index (χ4v) is 2.07. The summed E-state index contributed by atoms with van der Waals surface area (Å²) in [6.45, 7) is 2.54. The maximum Gasteiger partial charge on any atom is 0.165 e. The quantitative estimate of drug-likeness (QED) is 0.918. The van der Waals surface area contributed by atoms with Crippen LogP contribution in [0.4, 0.5) is 4.39 Å². The van der Waals surface area contributed by atoms with Gasteiger partial charge < -0.3 is 15.0 Å². The number of hydrogen-bond acceptors (Lipinski definition) is 3. The molecule has 0 fully saturated rings. The van der Waals surface area contributed by atoms with E-state index >= 15 is 0 Å². The first kappa shape index (κ1) is 13.5. The molecule has 1 aromatic carbocycles. The molecule has 19 heavy (non-hydrogen) atoms. The third-order valence-corrected chi connectivity index (χ3v) is 3.27. The Bertz CT molecular complexity index is 593. The van der Waals surface area contributed by atoms with Gasteiger partial charge in [-0.2, -0.15) is 0 Å². The second-order valence-corrected chi connectivity index (χ2v) is 4.41. The average Bonchev–Trinajstić information content (AvgIpc) is 2.67. The average molecular weight is 263 g/mol. The molecule has 0 unspecified atom stereocenters. The molecule has 0 atom stereocenters. The van der Waals surface area contributed by atoms with E-state index < -0.39 is 0 Å². The topological polar surface area (TPSA) is 53.1 Å². The lowest BCUT2D eigenvalue weighted by Gasteiger charge is -2.06. The molecular weight excluding hydrogens is 245 g/mol. The van der Waals surface area contributed by atoms with Crippen molar-refractivity contribution in [1.82, 2.24) is 9.55 Å². The zero-order valence-corrected chi connectivity index (χ0v) is 11.4. The summed E-state index contributed by atoms with van der Waals surface area (Å²) in [4.78, 5) is 4.54. The number of aromatic nitrogens is 2. The highest BCUT2D eigenvalue weighted by molar-refractivity contribution is 5.58. The SMILES string of the molecule is COc1ccc(-c2nc(CCN)c(C)n2C)cc1F. The minimum atomic E-state index is -0.388. The van der Waals surface area contributed by atoms with E-state index in [-0.39, 0.29) is 11.6 Å². The van der Waals surface area contributed by atoms with Crippen molar-refractivity contribution in [2.75, 3.05) is 13.7 Å². The number of nitrogens with two attached hydrogens (primary N) is 1. The second kappa shape index (κ2) is 5.40. The number of hydrogen-bond donors (Lipinski definition) is 1. The fourth-order valence-electron chi connectivity index (χ4n) is 2.07. The molecule has 0 aliphatic rings. The first-order valence-corrected chi connectivity index (χ1v) is 6.14. The molecule has 2 N–H and O–H groups in total. The molecule has 0 radical (unpaired) electrons. The highest BCUT2D eigenvalue weighted by Crippen LogP contribution is 2.26. The summed E-state index contributed by atoms with van der Waals surface area (Å²) >= 11 is 0. The molecule has 0 saturated carbocycles. The Labute approximate surface area is 112 Å². The summed E-state index contributed by atoms with van der Waals surface area (Å²) < 4.78 is 20.6. The number of rotatable bonds is 4. The Morgan fingerprint density at radius 3 is 2.74 bits per heavy atom. The van der Waals surface area contributed by atoms with Crippen LogP contribution in [-0.2, 0) is 13.5 Å². The Balaban J connectivity index is 2.47. The molecule has 0 aliphatic carbocycles. The third kappa shape index (κ3) is 2.46. The predicted molar refractivity (Wildman–Crippen MR) is 72.6 cm³/mol. The molecule has 0 aliphatic heterocycles. The number of nitrogens with zero attached hydrogens (tertiary/aromatic N) is 2. The molecular formula is C14H18FN3O. The van der Waals surface area contributed by atoms with Crippen LogP contribution in [-0.4, -0.2) is 23.2 Å². The standard InChI is InChI=1S/C14H18FN3O/c1-9-12(6-7-16)17-14(18(9)2)10-4-5-13(19-3)11(15)8-10/h4-5,8H,6-7,16H2,1-3H3. The van der Waals surface area contributed by atoms with Crippen LogP contribution in [0.15, 0.2) is 18.2 Å². The first-order chi connectivity index (χ1) is 9.08. The number of ether oxygens (including phenoxy) is 1. The van der Waals surface area contributed by atoms with Crippen molar-refractivity contribution in [1.29, 1.82) is 0 Å². The lowest BCUT2D eigenvalue weighted by molar-refractivity contribution is 0.386. The van der Waals surface area contributed by atoms with Gasteiger partial charge in [0.1, 0.15) is 5.82 Å². The van der Waals surface area contributed by atoms with Gasteiger partial charge in [-0.15, -0.1) is 0 Å². The zero-order valence-electron chi connectivity index (χ0n) is 11.4. The van der Waals surface area contributed by atoms with E-state index in [4.69, 9.17) is 10.5 Å². The molecule has 0 spiro atoms. The molecule has 5 heteroatoms. The van der Waals surface area contributed by atoms with Crippen LogP contribution in [0.25, 0.3) is 11.4 Å². The molecule has 102 valence electrons. The van der Waals surface area contributed by atoms with Crippen LogP contribution in [0.2, 0.25) is 0 Å². The van der Waals surface area contributed by atoms with E-state index in [1.807, 2.05) is 18.5 Å². The van der Waals surface area contributed by atoms with Gasteiger partial charge in [0.15, 0.2) is 11.6 Å². The van der Waals surface area contributed by atoms with Crippen molar-refractivity contribution in [3.05, 3.63) is 35.4 Å². The number of halogens is 1. The maximum atomic E-state index is 13.7. The van der Waals surface area contributed by atoms with E-state index in [1.54, 1.807) is 12.1 Å². The molecule has 1 heterocycles. The van der Waals surface area contributed by atoms with E-state index in [9.17, 15) is 4.39 Å². The van der Waals surface area contributed by atoms with Crippen molar-refractivity contribution in [3.8, 4) is 17.1 Å². The normalized spacial score (nSPS) is 10.8. The van der Waals surface area contributed by atoms with E-state index in [0.29, 0.717) is 6.54 Å². The molecule has 0 bridgehead atoms. The van der Waals surface area contributed by atoms with Crippen LogP contribution in [0, 0.1) is 12.7 Å². The lowest BCUT2D eigenvalue weighted by atomic mass is 10.2.